The van der Waals surface area contributed by atoms with Crippen molar-refractivity contribution in [2.24, 2.45) is 0 Å². The minimum Gasteiger partial charge on any atom is -0.324 e. The van der Waals surface area contributed by atoms with Gasteiger partial charge in [0, 0.05) is 0 Å². The summed E-state index contributed by atoms with van der Waals surface area (Å²) >= 11 is 0. The van der Waals surface area contributed by atoms with Gasteiger partial charge in [0.1, 0.15) is 0 Å². The van der Waals surface area contributed by atoms with Crippen LogP contribution in [0.3, 0.4) is 0 Å². The van der Waals surface area contributed by atoms with Gasteiger partial charge in [0.25, 0.3) is 11.8 Å². The summed E-state index contributed by atoms with van der Waals surface area (Å²) in [6.07, 6.45) is 0.855. The Morgan fingerprint density at radius 2 is 1.50 bits per heavy atom. The number of hydrogen-bond donors (Lipinski definition) is 0. The lowest BCUT2D eigenvalue weighted by Crippen LogP contribution is -2.32. The van der Waals surface area contributed by atoms with Crippen LogP contribution < -0.4 is 0 Å². The van der Waals surface area contributed by atoms with Gasteiger partial charge in [0.15, 0.2) is 0 Å². The molecule has 0 aliphatic carbocycles. The normalized spacial score (nSPS) is 13.2. The van der Waals surface area contributed by atoms with Gasteiger partial charge in [-0.05, 0) is 36.2 Å². The van der Waals surface area contributed by atoms with Gasteiger partial charge < -0.3 is 4.84 Å². The van der Waals surface area contributed by atoms with Gasteiger partial charge in [0.2, 0.25) is 0 Å². The van der Waals surface area contributed by atoms with E-state index in [4.69, 9.17) is 4.84 Å². The van der Waals surface area contributed by atoms with Gasteiger partial charge in [-0.25, -0.2) is 4.79 Å². The van der Waals surface area contributed by atoms with E-state index in [2.05, 4.69) is 0 Å². The third-order valence-corrected chi connectivity index (χ3v) is 3.53. The molecule has 110 valence electrons. The first-order chi connectivity index (χ1) is 10.6. The zero-order chi connectivity index (χ0) is 15.7. The number of rotatable bonds is 3. The first kappa shape index (κ1) is 14.0. The maximum absolute atomic E-state index is 12.1. The van der Waals surface area contributed by atoms with Crippen molar-refractivity contribution in [2.45, 2.75) is 13.3 Å². The van der Waals surface area contributed by atoms with Crippen LogP contribution in [-0.2, 0) is 11.3 Å². The number of hydroxylamine groups is 2. The predicted molar refractivity (Wildman–Crippen MR) is 78.2 cm³/mol. The molecule has 1 aliphatic rings. The van der Waals surface area contributed by atoms with E-state index in [1.165, 1.54) is 12.1 Å². The number of fused-ring (bicyclic) bond motifs is 1. The maximum Gasteiger partial charge on any atom is 0.363 e. The molecule has 0 aromatic heterocycles. The Labute approximate surface area is 127 Å². The second-order valence-corrected chi connectivity index (χ2v) is 4.88. The molecule has 0 saturated carbocycles. The SMILES string of the molecule is CCc1ccc(C(=O)ON2C(=O)c3ccccc3C2=O)cc1. The average Bonchev–Trinajstić information content (AvgIpc) is 2.80. The van der Waals surface area contributed by atoms with E-state index in [9.17, 15) is 14.4 Å². The number of aryl methyl sites for hydroxylation is 1. The van der Waals surface area contributed by atoms with Crippen LogP contribution in [0.2, 0.25) is 0 Å². The van der Waals surface area contributed by atoms with Gasteiger partial charge in [0.05, 0.1) is 16.7 Å². The topological polar surface area (TPSA) is 63.7 Å². The first-order valence-electron chi connectivity index (χ1n) is 6.91. The summed E-state index contributed by atoms with van der Waals surface area (Å²) in [5, 5.41) is 0.515. The molecule has 0 bridgehead atoms. The summed E-state index contributed by atoms with van der Waals surface area (Å²) in [7, 11) is 0. The third-order valence-electron chi connectivity index (χ3n) is 3.53. The van der Waals surface area contributed by atoms with Crippen LogP contribution in [0.1, 0.15) is 43.6 Å². The molecule has 1 aliphatic heterocycles. The van der Waals surface area contributed by atoms with Gasteiger partial charge in [-0.15, -0.1) is 0 Å². The number of hydrogen-bond acceptors (Lipinski definition) is 4. The molecule has 0 atom stereocenters. The second-order valence-electron chi connectivity index (χ2n) is 4.88. The van der Waals surface area contributed by atoms with E-state index >= 15 is 0 Å². The molecule has 2 aromatic carbocycles. The first-order valence-corrected chi connectivity index (χ1v) is 6.91. The highest BCUT2D eigenvalue weighted by molar-refractivity contribution is 6.21. The number of nitrogens with zero attached hydrogens (tertiary/aromatic N) is 1. The number of carbonyl (C=O) groups excluding carboxylic acids is 3. The quantitative estimate of drug-likeness (QED) is 0.817. The summed E-state index contributed by atoms with van der Waals surface area (Å²) in [6.45, 7) is 2.01. The molecule has 0 spiro atoms. The van der Waals surface area contributed by atoms with Gasteiger partial charge >= 0.3 is 5.97 Å². The van der Waals surface area contributed by atoms with Crippen molar-refractivity contribution in [3.63, 3.8) is 0 Å². The molecule has 2 amide bonds. The number of carbonyl (C=O) groups is 3. The lowest BCUT2D eigenvalue weighted by atomic mass is 10.1. The molecular weight excluding hydrogens is 282 g/mol. The van der Waals surface area contributed by atoms with Crippen LogP contribution in [0.5, 0.6) is 0 Å². The molecule has 1 heterocycles. The molecule has 0 fully saturated rings. The van der Waals surface area contributed by atoms with Crippen LogP contribution >= 0.6 is 0 Å². The summed E-state index contributed by atoms with van der Waals surface area (Å²) in [5.41, 5.74) is 1.84. The number of imide groups is 1. The van der Waals surface area contributed by atoms with Crippen LogP contribution in [0.15, 0.2) is 48.5 Å². The zero-order valence-corrected chi connectivity index (χ0v) is 11.9. The van der Waals surface area contributed by atoms with E-state index in [1.807, 2.05) is 6.92 Å². The fourth-order valence-electron chi connectivity index (χ4n) is 2.26. The van der Waals surface area contributed by atoms with Crippen molar-refractivity contribution < 1.29 is 19.2 Å². The van der Waals surface area contributed by atoms with Crippen molar-refractivity contribution >= 4 is 17.8 Å². The standard InChI is InChI=1S/C17H13NO4/c1-2-11-7-9-12(10-8-11)17(21)22-18-15(19)13-5-3-4-6-14(13)16(18)20/h3-10H,2H2,1H3. The average molecular weight is 295 g/mol. The predicted octanol–water partition coefficient (Wildman–Crippen LogP) is 2.62. The number of benzene rings is 2. The Bertz CT molecular complexity index is 729. The highest BCUT2D eigenvalue weighted by atomic mass is 16.7. The van der Waals surface area contributed by atoms with Crippen molar-refractivity contribution in [2.75, 3.05) is 0 Å². The van der Waals surface area contributed by atoms with E-state index in [0.29, 0.717) is 5.06 Å². The summed E-state index contributed by atoms with van der Waals surface area (Å²) < 4.78 is 0. The molecule has 0 unspecified atom stereocenters. The minimum absolute atomic E-state index is 0.238. The number of amides is 2. The monoisotopic (exact) mass is 295 g/mol. The largest absolute Gasteiger partial charge is 0.363 e. The summed E-state index contributed by atoms with van der Waals surface area (Å²) in [6, 6.07) is 13.2. The third kappa shape index (κ3) is 2.26. The fourth-order valence-corrected chi connectivity index (χ4v) is 2.26. The molecule has 0 radical (unpaired) electrons. The van der Waals surface area contributed by atoms with Gasteiger partial charge in [-0.1, -0.05) is 36.3 Å². The Morgan fingerprint density at radius 3 is 2.00 bits per heavy atom. The lowest BCUT2D eigenvalue weighted by Gasteiger charge is -2.12. The Morgan fingerprint density at radius 1 is 0.955 bits per heavy atom. The van der Waals surface area contributed by atoms with E-state index in [1.54, 1.807) is 36.4 Å². The van der Waals surface area contributed by atoms with Gasteiger partial charge in [-0.2, -0.15) is 0 Å². The molecule has 2 aromatic rings. The second kappa shape index (κ2) is 5.44. The Kier molecular flexibility index (Phi) is 3.47. The minimum atomic E-state index is -0.739. The van der Waals surface area contributed by atoms with Crippen molar-refractivity contribution in [1.29, 1.82) is 0 Å². The van der Waals surface area contributed by atoms with E-state index < -0.39 is 17.8 Å². The summed E-state index contributed by atoms with van der Waals surface area (Å²) in [5.74, 6) is -1.99. The maximum atomic E-state index is 12.1. The van der Waals surface area contributed by atoms with Crippen LogP contribution in [0.4, 0.5) is 0 Å². The highest BCUT2D eigenvalue weighted by Gasteiger charge is 2.38. The molecule has 0 N–H and O–H groups in total. The fraction of sp³-hybridized carbons (Fsp3) is 0.118. The molecule has 5 heteroatoms. The Hall–Kier alpha value is -2.95. The highest BCUT2D eigenvalue weighted by Crippen LogP contribution is 2.23. The van der Waals surface area contributed by atoms with Crippen LogP contribution in [0, 0.1) is 0 Å². The molecule has 5 nitrogen and oxygen atoms in total. The Balaban J connectivity index is 1.80. The molecule has 3 rings (SSSR count). The van der Waals surface area contributed by atoms with Crippen molar-refractivity contribution in [3.8, 4) is 0 Å². The summed E-state index contributed by atoms with van der Waals surface area (Å²) in [4.78, 5) is 41.3. The lowest BCUT2D eigenvalue weighted by molar-refractivity contribution is -0.0584. The van der Waals surface area contributed by atoms with Crippen LogP contribution in [0.25, 0.3) is 0 Å². The van der Waals surface area contributed by atoms with E-state index in [0.717, 1.165) is 12.0 Å². The van der Waals surface area contributed by atoms with Gasteiger partial charge in [-0.3, -0.25) is 9.59 Å². The smallest absolute Gasteiger partial charge is 0.324 e. The molecular formula is C17H13NO4. The van der Waals surface area contributed by atoms with Crippen molar-refractivity contribution in [1.82, 2.24) is 5.06 Å². The molecule has 0 saturated heterocycles. The molecule has 22 heavy (non-hydrogen) atoms. The van der Waals surface area contributed by atoms with Crippen molar-refractivity contribution in [3.05, 3.63) is 70.8 Å². The van der Waals surface area contributed by atoms with E-state index in [-0.39, 0.29) is 16.7 Å². The zero-order valence-electron chi connectivity index (χ0n) is 11.9. The van der Waals surface area contributed by atoms with Crippen LogP contribution in [-0.4, -0.2) is 22.8 Å².